The highest BCUT2D eigenvalue weighted by Crippen LogP contribution is 2.18. The summed E-state index contributed by atoms with van der Waals surface area (Å²) in [7, 11) is 0. The minimum atomic E-state index is 0.441. The van der Waals surface area contributed by atoms with E-state index < -0.39 is 0 Å². The highest BCUT2D eigenvalue weighted by Gasteiger charge is 1.99. The van der Waals surface area contributed by atoms with Gasteiger partial charge in [0.1, 0.15) is 5.75 Å². The molecular weight excluding hydrogens is 244 g/mol. The van der Waals surface area contributed by atoms with Gasteiger partial charge in [0.25, 0.3) is 0 Å². The summed E-state index contributed by atoms with van der Waals surface area (Å²) >= 11 is 0. The summed E-state index contributed by atoms with van der Waals surface area (Å²) in [4.78, 5) is 0. The molecule has 0 aliphatic rings. The van der Waals surface area contributed by atoms with Gasteiger partial charge >= 0.3 is 0 Å². The Kier molecular flexibility index (Phi) is 6.16. The van der Waals surface area contributed by atoms with Crippen molar-refractivity contribution < 1.29 is 5.11 Å². The quantitative estimate of drug-likeness (QED) is 0.658. The Morgan fingerprint density at radius 2 is 1.20 bits per heavy atom. The first-order valence-corrected chi connectivity index (χ1v) is 7.67. The molecule has 0 bridgehead atoms. The third kappa shape index (κ3) is 5.08. The van der Waals surface area contributed by atoms with Crippen LogP contribution in [0.2, 0.25) is 0 Å². The number of phenols is 1. The van der Waals surface area contributed by atoms with Gasteiger partial charge < -0.3 is 5.11 Å². The van der Waals surface area contributed by atoms with E-state index in [0.29, 0.717) is 5.75 Å². The lowest BCUT2D eigenvalue weighted by atomic mass is 10.0. The largest absolute Gasteiger partial charge is 0.508 e. The predicted octanol–water partition coefficient (Wildman–Crippen LogP) is 5.13. The smallest absolute Gasteiger partial charge is 0.118 e. The maximum absolute atomic E-state index is 9.68. The summed E-state index contributed by atoms with van der Waals surface area (Å²) in [6, 6.07) is 18.4. The Morgan fingerprint density at radius 1 is 0.600 bits per heavy atom. The van der Waals surface area contributed by atoms with Crippen molar-refractivity contribution in [2.24, 2.45) is 0 Å². The van der Waals surface area contributed by atoms with E-state index in [4.69, 9.17) is 0 Å². The molecule has 1 N–H and O–H groups in total. The molecule has 0 aromatic heterocycles. The zero-order valence-electron chi connectivity index (χ0n) is 12.1. The lowest BCUT2D eigenvalue weighted by molar-refractivity contribution is 0.466. The molecule has 0 radical (unpaired) electrons. The Balaban J connectivity index is 1.53. The number of hydrogen-bond donors (Lipinski definition) is 1. The van der Waals surface area contributed by atoms with Crippen molar-refractivity contribution in [3.8, 4) is 5.75 Å². The van der Waals surface area contributed by atoms with Crippen LogP contribution in [0.15, 0.2) is 54.6 Å². The molecule has 0 saturated heterocycles. The Bertz CT molecular complexity index is 490. The molecule has 2 aromatic rings. The van der Waals surface area contributed by atoms with Crippen molar-refractivity contribution in [1.82, 2.24) is 0 Å². The van der Waals surface area contributed by atoms with Crippen LogP contribution in [0.4, 0.5) is 0 Å². The fourth-order valence-corrected chi connectivity index (χ4v) is 2.54. The van der Waals surface area contributed by atoms with Crippen molar-refractivity contribution in [3.05, 3.63) is 65.7 Å². The third-order valence-electron chi connectivity index (χ3n) is 3.75. The van der Waals surface area contributed by atoms with Gasteiger partial charge in [0.15, 0.2) is 0 Å². The van der Waals surface area contributed by atoms with Crippen LogP contribution >= 0.6 is 0 Å². The first-order valence-electron chi connectivity index (χ1n) is 7.67. The summed E-state index contributed by atoms with van der Waals surface area (Å²) in [5.41, 5.74) is 2.53. The average molecular weight is 268 g/mol. The molecule has 0 atom stereocenters. The van der Waals surface area contributed by atoms with E-state index >= 15 is 0 Å². The monoisotopic (exact) mass is 268 g/mol. The molecule has 0 saturated carbocycles. The molecule has 20 heavy (non-hydrogen) atoms. The number of rotatable bonds is 8. The Hall–Kier alpha value is -1.76. The van der Waals surface area contributed by atoms with E-state index in [2.05, 4.69) is 30.3 Å². The number of aromatic hydroxyl groups is 1. The molecule has 1 heteroatoms. The van der Waals surface area contributed by atoms with Gasteiger partial charge in [-0.2, -0.15) is 0 Å². The van der Waals surface area contributed by atoms with Crippen molar-refractivity contribution in [1.29, 1.82) is 0 Å². The number of para-hydroxylation sites is 1. The minimum absolute atomic E-state index is 0.441. The number of hydrogen-bond acceptors (Lipinski definition) is 1. The van der Waals surface area contributed by atoms with E-state index in [1.807, 2.05) is 18.2 Å². The fourth-order valence-electron chi connectivity index (χ4n) is 2.54. The fraction of sp³-hybridized carbons (Fsp3) is 0.368. The molecule has 0 fully saturated rings. The van der Waals surface area contributed by atoms with Crippen LogP contribution in [0.5, 0.6) is 5.75 Å². The van der Waals surface area contributed by atoms with Crippen molar-refractivity contribution in [3.63, 3.8) is 0 Å². The molecule has 0 aliphatic heterocycles. The number of unbranched alkanes of at least 4 members (excludes halogenated alkanes) is 4. The van der Waals surface area contributed by atoms with E-state index in [1.165, 1.54) is 44.1 Å². The third-order valence-corrected chi connectivity index (χ3v) is 3.75. The van der Waals surface area contributed by atoms with Crippen LogP contribution in [0.3, 0.4) is 0 Å². The van der Waals surface area contributed by atoms with Gasteiger partial charge in [0.2, 0.25) is 0 Å². The maximum Gasteiger partial charge on any atom is 0.118 e. The van der Waals surface area contributed by atoms with E-state index in [-0.39, 0.29) is 0 Å². The summed E-state index contributed by atoms with van der Waals surface area (Å²) in [5.74, 6) is 0.441. The predicted molar refractivity (Wildman–Crippen MR) is 85.0 cm³/mol. The summed E-state index contributed by atoms with van der Waals surface area (Å²) in [5, 5.41) is 9.68. The first kappa shape index (κ1) is 14.6. The van der Waals surface area contributed by atoms with E-state index in [1.54, 1.807) is 6.07 Å². The standard InChI is InChI=1S/C19H24O/c20-19-16-10-9-15-18(19)14-8-3-1-2-5-11-17-12-6-4-7-13-17/h4,6-7,9-10,12-13,15-16,20H,1-3,5,8,11,14H2. The van der Waals surface area contributed by atoms with Gasteiger partial charge in [-0.3, -0.25) is 0 Å². The van der Waals surface area contributed by atoms with Gasteiger partial charge in [-0.15, -0.1) is 0 Å². The van der Waals surface area contributed by atoms with E-state index in [9.17, 15) is 5.11 Å². The van der Waals surface area contributed by atoms with Crippen LogP contribution in [0, 0.1) is 0 Å². The van der Waals surface area contributed by atoms with Gasteiger partial charge in [-0.25, -0.2) is 0 Å². The second-order valence-electron chi connectivity index (χ2n) is 5.38. The molecule has 106 valence electrons. The van der Waals surface area contributed by atoms with E-state index in [0.717, 1.165) is 12.0 Å². The number of benzene rings is 2. The average Bonchev–Trinajstić information content (AvgIpc) is 2.49. The Labute approximate surface area is 122 Å². The van der Waals surface area contributed by atoms with Crippen molar-refractivity contribution in [2.45, 2.75) is 44.9 Å². The summed E-state index contributed by atoms with van der Waals surface area (Å²) in [6.45, 7) is 0. The number of aryl methyl sites for hydroxylation is 2. The molecule has 0 heterocycles. The van der Waals surface area contributed by atoms with Crippen LogP contribution in [0.25, 0.3) is 0 Å². The molecule has 0 aliphatic carbocycles. The second kappa shape index (κ2) is 8.42. The minimum Gasteiger partial charge on any atom is -0.508 e. The lowest BCUT2D eigenvalue weighted by Gasteiger charge is -2.04. The molecule has 2 rings (SSSR count). The van der Waals surface area contributed by atoms with Gasteiger partial charge in [0.05, 0.1) is 0 Å². The first-order chi connectivity index (χ1) is 9.86. The molecule has 0 amide bonds. The van der Waals surface area contributed by atoms with Crippen molar-refractivity contribution >= 4 is 0 Å². The Morgan fingerprint density at radius 3 is 1.95 bits per heavy atom. The highest BCUT2D eigenvalue weighted by molar-refractivity contribution is 5.31. The van der Waals surface area contributed by atoms with Crippen LogP contribution in [-0.4, -0.2) is 5.11 Å². The van der Waals surface area contributed by atoms with Crippen molar-refractivity contribution in [2.75, 3.05) is 0 Å². The van der Waals surface area contributed by atoms with Gasteiger partial charge in [-0.1, -0.05) is 67.8 Å². The second-order valence-corrected chi connectivity index (χ2v) is 5.38. The highest BCUT2D eigenvalue weighted by atomic mass is 16.3. The maximum atomic E-state index is 9.68. The van der Waals surface area contributed by atoms with Crippen LogP contribution in [0.1, 0.15) is 43.2 Å². The SMILES string of the molecule is Oc1ccccc1CCCCCCCc1ccccc1. The normalized spacial score (nSPS) is 10.6. The molecule has 0 unspecified atom stereocenters. The molecular formula is C19H24O. The van der Waals surface area contributed by atoms with Gasteiger partial charge in [0, 0.05) is 0 Å². The summed E-state index contributed by atoms with van der Waals surface area (Å²) in [6.07, 6.45) is 8.48. The lowest BCUT2D eigenvalue weighted by Crippen LogP contribution is -1.88. The zero-order chi connectivity index (χ0) is 14.0. The molecule has 2 aromatic carbocycles. The van der Waals surface area contributed by atoms with Crippen LogP contribution in [-0.2, 0) is 12.8 Å². The topological polar surface area (TPSA) is 20.2 Å². The summed E-state index contributed by atoms with van der Waals surface area (Å²) < 4.78 is 0. The molecule has 0 spiro atoms. The molecule has 1 nitrogen and oxygen atoms in total. The zero-order valence-corrected chi connectivity index (χ0v) is 12.1. The van der Waals surface area contributed by atoms with Crippen LogP contribution < -0.4 is 0 Å². The number of phenolic OH excluding ortho intramolecular Hbond substituents is 1. The van der Waals surface area contributed by atoms with Gasteiger partial charge in [-0.05, 0) is 42.9 Å².